The number of nitrogens with zero attached hydrogens (tertiary/aromatic N) is 3. The Bertz CT molecular complexity index is 653. The molecule has 0 aliphatic heterocycles. The maximum absolute atomic E-state index is 11.0. The van der Waals surface area contributed by atoms with E-state index in [-0.39, 0.29) is 23.6 Å². The lowest BCUT2D eigenvalue weighted by Gasteiger charge is -2.04. The van der Waals surface area contributed by atoms with Gasteiger partial charge in [-0.25, -0.2) is 0 Å². The fourth-order valence-corrected chi connectivity index (χ4v) is 1.68. The number of hydrogen-bond donors (Lipinski definition) is 0. The van der Waals surface area contributed by atoms with Crippen molar-refractivity contribution < 1.29 is 19.0 Å². The number of aromatic nitrogens is 2. The van der Waals surface area contributed by atoms with Gasteiger partial charge in [-0.05, 0) is 18.6 Å². The second-order valence-electron chi connectivity index (χ2n) is 4.25. The monoisotopic (exact) mass is 291 g/mol. The molecule has 0 fully saturated rings. The number of aldehydes is 1. The van der Waals surface area contributed by atoms with E-state index >= 15 is 0 Å². The molecule has 0 unspecified atom stereocenters. The van der Waals surface area contributed by atoms with Gasteiger partial charge in [-0.3, -0.25) is 14.9 Å². The normalized spacial score (nSPS) is 10.3. The van der Waals surface area contributed by atoms with E-state index in [9.17, 15) is 14.9 Å². The van der Waals surface area contributed by atoms with Crippen molar-refractivity contribution in [2.75, 3.05) is 0 Å². The molecule has 21 heavy (non-hydrogen) atoms. The predicted molar refractivity (Wildman–Crippen MR) is 71.1 cm³/mol. The van der Waals surface area contributed by atoms with E-state index in [4.69, 9.17) is 9.26 Å². The number of rotatable bonds is 7. The Morgan fingerprint density at radius 2 is 2.29 bits per heavy atom. The fourth-order valence-electron chi connectivity index (χ4n) is 1.68. The first-order chi connectivity index (χ1) is 10.1. The van der Waals surface area contributed by atoms with Gasteiger partial charge in [-0.1, -0.05) is 12.1 Å². The molecule has 8 heteroatoms. The van der Waals surface area contributed by atoms with Gasteiger partial charge >= 0.3 is 5.69 Å². The highest BCUT2D eigenvalue weighted by Gasteiger charge is 2.17. The Balaban J connectivity index is 2.11. The maximum atomic E-state index is 11.0. The number of benzene rings is 1. The standard InChI is InChI=1S/C13H13N3O5/c1-2-3-13-14-12(15-21-13)8-20-11-5-4-9(7-17)6-10(11)16(18)19/h4-7H,2-3,8H2,1H3. The lowest BCUT2D eigenvalue weighted by atomic mass is 10.2. The van der Waals surface area contributed by atoms with Crippen LogP contribution in [0.3, 0.4) is 0 Å². The van der Waals surface area contributed by atoms with Crippen molar-refractivity contribution in [3.05, 3.63) is 45.6 Å². The molecule has 0 bridgehead atoms. The Morgan fingerprint density at radius 1 is 1.48 bits per heavy atom. The van der Waals surface area contributed by atoms with Gasteiger partial charge in [0.05, 0.1) is 4.92 Å². The highest BCUT2D eigenvalue weighted by Crippen LogP contribution is 2.28. The summed E-state index contributed by atoms with van der Waals surface area (Å²) in [5.74, 6) is 0.863. The fraction of sp³-hybridized carbons (Fsp3) is 0.308. The van der Waals surface area contributed by atoms with Crippen LogP contribution in [0.1, 0.15) is 35.4 Å². The van der Waals surface area contributed by atoms with Crippen LogP contribution in [0.4, 0.5) is 5.69 Å². The first kappa shape index (κ1) is 14.6. The maximum Gasteiger partial charge on any atom is 0.311 e. The van der Waals surface area contributed by atoms with Crippen molar-refractivity contribution in [1.82, 2.24) is 10.1 Å². The summed E-state index contributed by atoms with van der Waals surface area (Å²) in [6.45, 7) is 1.94. The predicted octanol–water partition coefficient (Wildman–Crippen LogP) is 2.32. The molecule has 0 aliphatic carbocycles. The third-order valence-electron chi connectivity index (χ3n) is 2.65. The molecule has 1 heterocycles. The summed E-state index contributed by atoms with van der Waals surface area (Å²) in [6.07, 6.45) is 2.08. The molecule has 1 aromatic carbocycles. The largest absolute Gasteiger partial charge is 0.478 e. The molecule has 0 saturated heterocycles. The topological polar surface area (TPSA) is 108 Å². The van der Waals surface area contributed by atoms with Crippen LogP contribution in [0.15, 0.2) is 22.7 Å². The zero-order chi connectivity index (χ0) is 15.2. The van der Waals surface area contributed by atoms with Crippen LogP contribution in [0, 0.1) is 10.1 Å². The number of ether oxygens (including phenoxy) is 1. The summed E-state index contributed by atoms with van der Waals surface area (Å²) in [5.41, 5.74) is -0.0734. The van der Waals surface area contributed by atoms with Crippen molar-refractivity contribution >= 4 is 12.0 Å². The van der Waals surface area contributed by atoms with E-state index in [0.29, 0.717) is 24.4 Å². The quantitative estimate of drug-likeness (QED) is 0.437. The third-order valence-corrected chi connectivity index (χ3v) is 2.65. The SMILES string of the molecule is CCCc1nc(COc2ccc(C=O)cc2[N+](=O)[O-])no1. The molecule has 0 spiro atoms. The zero-order valence-electron chi connectivity index (χ0n) is 11.3. The summed E-state index contributed by atoms with van der Waals surface area (Å²) in [5, 5.41) is 14.7. The molecule has 0 N–H and O–H groups in total. The van der Waals surface area contributed by atoms with Crippen LogP contribution in [0.2, 0.25) is 0 Å². The van der Waals surface area contributed by atoms with Crippen molar-refractivity contribution in [1.29, 1.82) is 0 Å². The lowest BCUT2D eigenvalue weighted by Crippen LogP contribution is -2.01. The van der Waals surface area contributed by atoms with Crippen LogP contribution >= 0.6 is 0 Å². The Morgan fingerprint density at radius 3 is 2.95 bits per heavy atom. The average molecular weight is 291 g/mol. The number of carbonyl (C=O) groups excluding carboxylic acids is 1. The number of hydrogen-bond acceptors (Lipinski definition) is 7. The number of carbonyl (C=O) groups is 1. The van der Waals surface area contributed by atoms with E-state index in [1.54, 1.807) is 0 Å². The molecule has 0 radical (unpaired) electrons. The summed E-state index contributed by atoms with van der Waals surface area (Å²) in [4.78, 5) is 25.1. The molecular weight excluding hydrogens is 278 g/mol. The van der Waals surface area contributed by atoms with Gasteiger partial charge in [0.2, 0.25) is 11.7 Å². The van der Waals surface area contributed by atoms with Gasteiger partial charge in [0, 0.05) is 18.1 Å². The van der Waals surface area contributed by atoms with Crippen molar-refractivity contribution in [2.24, 2.45) is 0 Å². The molecule has 0 saturated carbocycles. The van der Waals surface area contributed by atoms with E-state index in [1.165, 1.54) is 12.1 Å². The highest BCUT2D eigenvalue weighted by atomic mass is 16.6. The highest BCUT2D eigenvalue weighted by molar-refractivity contribution is 5.77. The summed E-state index contributed by atoms with van der Waals surface area (Å²) >= 11 is 0. The number of nitro benzene ring substituents is 1. The average Bonchev–Trinajstić information content (AvgIpc) is 2.93. The smallest absolute Gasteiger partial charge is 0.311 e. The summed E-state index contributed by atoms with van der Waals surface area (Å²) < 4.78 is 10.3. The Hall–Kier alpha value is -2.77. The Labute approximate surface area is 119 Å². The lowest BCUT2D eigenvalue weighted by molar-refractivity contribution is -0.386. The van der Waals surface area contributed by atoms with Crippen LogP contribution in [0.25, 0.3) is 0 Å². The van der Waals surface area contributed by atoms with Gasteiger partial charge in [0.25, 0.3) is 0 Å². The zero-order valence-corrected chi connectivity index (χ0v) is 11.3. The van der Waals surface area contributed by atoms with Crippen molar-refractivity contribution in [2.45, 2.75) is 26.4 Å². The van der Waals surface area contributed by atoms with Crippen LogP contribution in [-0.4, -0.2) is 21.4 Å². The molecular formula is C13H13N3O5. The Kier molecular flexibility index (Phi) is 4.60. The molecule has 0 amide bonds. The summed E-state index contributed by atoms with van der Waals surface area (Å²) in [6, 6.07) is 3.96. The van der Waals surface area contributed by atoms with Crippen LogP contribution < -0.4 is 4.74 Å². The van der Waals surface area contributed by atoms with Crippen LogP contribution in [0.5, 0.6) is 5.75 Å². The van der Waals surface area contributed by atoms with Gasteiger partial charge in [0.1, 0.15) is 6.29 Å². The molecule has 2 rings (SSSR count). The van der Waals surface area contributed by atoms with Crippen molar-refractivity contribution in [3.8, 4) is 5.75 Å². The molecule has 8 nitrogen and oxygen atoms in total. The number of nitro groups is 1. The molecule has 0 aliphatic rings. The minimum atomic E-state index is -0.610. The van der Waals surface area contributed by atoms with Crippen molar-refractivity contribution in [3.63, 3.8) is 0 Å². The van der Waals surface area contributed by atoms with Gasteiger partial charge in [-0.15, -0.1) is 0 Å². The van der Waals surface area contributed by atoms with Gasteiger partial charge in [0.15, 0.2) is 12.4 Å². The van der Waals surface area contributed by atoms with E-state index < -0.39 is 4.92 Å². The second-order valence-corrected chi connectivity index (χ2v) is 4.25. The third kappa shape index (κ3) is 3.62. The first-order valence-corrected chi connectivity index (χ1v) is 6.32. The number of aryl methyl sites for hydroxylation is 1. The van der Waals surface area contributed by atoms with Gasteiger partial charge in [-0.2, -0.15) is 4.98 Å². The molecule has 1 aromatic heterocycles. The first-order valence-electron chi connectivity index (χ1n) is 6.32. The van der Waals surface area contributed by atoms with Gasteiger partial charge < -0.3 is 9.26 Å². The summed E-state index contributed by atoms with van der Waals surface area (Å²) in [7, 11) is 0. The van der Waals surface area contributed by atoms with E-state index in [0.717, 1.165) is 12.5 Å². The minimum absolute atomic E-state index is 0.0471. The second kappa shape index (κ2) is 6.60. The minimum Gasteiger partial charge on any atom is -0.478 e. The van der Waals surface area contributed by atoms with E-state index in [1.807, 2.05) is 6.92 Å². The molecule has 0 atom stereocenters. The van der Waals surface area contributed by atoms with E-state index in [2.05, 4.69) is 10.1 Å². The molecule has 110 valence electrons. The van der Waals surface area contributed by atoms with Crippen LogP contribution in [-0.2, 0) is 13.0 Å². The molecule has 2 aromatic rings.